The summed E-state index contributed by atoms with van der Waals surface area (Å²) in [4.78, 5) is 0. The number of para-hydroxylation sites is 1. The topological polar surface area (TPSA) is 17.0 Å². The molecule has 0 aliphatic rings. The van der Waals surface area contributed by atoms with Gasteiger partial charge in [-0.3, -0.25) is 0 Å². The molecule has 0 N–H and O–H groups in total. The molecule has 0 atom stereocenters. The highest BCUT2D eigenvalue weighted by Crippen LogP contribution is 2.39. The molecule has 2 heterocycles. The van der Waals surface area contributed by atoms with E-state index >= 15 is 0 Å². The van der Waals surface area contributed by atoms with E-state index in [-0.39, 0.29) is 5.41 Å². The van der Waals surface area contributed by atoms with Crippen LogP contribution in [0.25, 0.3) is 44.1 Å². The highest BCUT2D eigenvalue weighted by Gasteiger charge is 2.30. The number of nitrogens with zero attached hydrogens (tertiary/aromatic N) is 1. The van der Waals surface area contributed by atoms with Crippen LogP contribution in [0.5, 0.6) is 0 Å². The largest absolute Gasteiger partial charge is 0.455 e. The molecular formula is C31H36NOSi+. The van der Waals surface area contributed by atoms with Gasteiger partial charge in [0, 0.05) is 28.3 Å². The predicted molar refractivity (Wildman–Crippen MR) is 149 cm³/mol. The Labute approximate surface area is 204 Å². The third-order valence-electron chi connectivity index (χ3n) is 7.41. The number of aryl methyl sites for hydroxylation is 2. The van der Waals surface area contributed by atoms with Gasteiger partial charge >= 0.3 is 0 Å². The molecule has 0 amide bonds. The molecule has 5 aromatic rings. The number of aromatic nitrogens is 1. The number of rotatable bonds is 2. The van der Waals surface area contributed by atoms with Crippen LogP contribution in [0.2, 0.25) is 19.6 Å². The van der Waals surface area contributed by atoms with Crippen molar-refractivity contribution in [2.45, 2.75) is 59.7 Å². The Balaban J connectivity index is 1.96. The minimum absolute atomic E-state index is 0.0990. The molecule has 0 spiro atoms. The summed E-state index contributed by atoms with van der Waals surface area (Å²) in [5.41, 5.74) is 9.75. The standard InChI is InChI=1S/C31H36NOSi/c1-19-16-24-22-12-10-11-13-27(22)33-30(24)29(20(19)2)26-18-28(34(7,8)9)23-15-14-21(31(3,4)5)17-25(23)32(26)6/h10-18H,1-9H3/q+1. The maximum atomic E-state index is 6.54. The average molecular weight is 467 g/mol. The van der Waals surface area contributed by atoms with Crippen LogP contribution in [0.3, 0.4) is 0 Å². The quantitative estimate of drug-likeness (QED) is 0.192. The number of fused-ring (bicyclic) bond motifs is 4. The van der Waals surface area contributed by atoms with E-state index in [2.05, 4.69) is 120 Å². The van der Waals surface area contributed by atoms with Crippen LogP contribution < -0.4 is 9.75 Å². The van der Waals surface area contributed by atoms with Crippen LogP contribution in [-0.4, -0.2) is 8.07 Å². The smallest absolute Gasteiger partial charge is 0.216 e. The minimum Gasteiger partial charge on any atom is -0.455 e. The lowest BCUT2D eigenvalue weighted by Crippen LogP contribution is -2.43. The van der Waals surface area contributed by atoms with Gasteiger partial charge in [0.15, 0.2) is 0 Å². The monoisotopic (exact) mass is 466 g/mol. The molecule has 2 aromatic heterocycles. The first-order valence-corrected chi connectivity index (χ1v) is 15.8. The third kappa shape index (κ3) is 3.49. The van der Waals surface area contributed by atoms with E-state index in [1.54, 1.807) is 0 Å². The minimum atomic E-state index is -1.62. The molecule has 0 saturated heterocycles. The summed E-state index contributed by atoms with van der Waals surface area (Å²) in [7, 11) is 0.594. The zero-order chi connectivity index (χ0) is 24.6. The first-order valence-electron chi connectivity index (χ1n) is 12.3. The number of furan rings is 1. The summed E-state index contributed by atoms with van der Waals surface area (Å²) in [6.07, 6.45) is 0. The van der Waals surface area contributed by atoms with E-state index in [1.165, 1.54) is 54.8 Å². The van der Waals surface area contributed by atoms with E-state index in [1.807, 2.05) is 0 Å². The summed E-state index contributed by atoms with van der Waals surface area (Å²) in [5, 5.41) is 5.27. The number of pyridine rings is 1. The fourth-order valence-corrected chi connectivity index (χ4v) is 6.79. The third-order valence-corrected chi connectivity index (χ3v) is 9.44. The van der Waals surface area contributed by atoms with Crippen LogP contribution in [0, 0.1) is 13.8 Å². The Morgan fingerprint density at radius 2 is 1.53 bits per heavy atom. The first-order chi connectivity index (χ1) is 15.9. The van der Waals surface area contributed by atoms with Crippen molar-refractivity contribution in [3.8, 4) is 11.3 Å². The molecule has 0 aliphatic carbocycles. The Kier molecular flexibility index (Phi) is 5.07. The van der Waals surface area contributed by atoms with Gasteiger partial charge < -0.3 is 4.42 Å². The molecule has 0 unspecified atom stereocenters. The molecule has 34 heavy (non-hydrogen) atoms. The Morgan fingerprint density at radius 3 is 2.21 bits per heavy atom. The van der Waals surface area contributed by atoms with Gasteiger partial charge in [-0.2, -0.15) is 4.57 Å². The predicted octanol–water partition coefficient (Wildman–Crippen LogP) is 7.69. The van der Waals surface area contributed by atoms with E-state index in [0.717, 1.165) is 11.2 Å². The zero-order valence-corrected chi connectivity index (χ0v) is 23.1. The van der Waals surface area contributed by atoms with Gasteiger partial charge in [0.25, 0.3) is 0 Å². The van der Waals surface area contributed by atoms with Gasteiger partial charge in [-0.25, -0.2) is 0 Å². The van der Waals surface area contributed by atoms with Crippen molar-refractivity contribution in [3.63, 3.8) is 0 Å². The van der Waals surface area contributed by atoms with Crippen molar-refractivity contribution in [2.24, 2.45) is 7.05 Å². The van der Waals surface area contributed by atoms with Gasteiger partial charge in [0.05, 0.1) is 13.6 Å². The van der Waals surface area contributed by atoms with Crippen LogP contribution in [0.1, 0.15) is 37.5 Å². The van der Waals surface area contributed by atoms with Crippen LogP contribution in [0.15, 0.2) is 59.0 Å². The lowest BCUT2D eigenvalue weighted by atomic mass is 9.86. The van der Waals surface area contributed by atoms with Crippen LogP contribution >= 0.6 is 0 Å². The maximum Gasteiger partial charge on any atom is 0.216 e. The van der Waals surface area contributed by atoms with E-state index < -0.39 is 8.07 Å². The summed E-state index contributed by atoms with van der Waals surface area (Å²) in [6.45, 7) is 18.7. The first kappa shape index (κ1) is 22.9. The van der Waals surface area contributed by atoms with E-state index in [4.69, 9.17) is 4.42 Å². The summed E-state index contributed by atoms with van der Waals surface area (Å²) in [5.74, 6) is 0. The molecule has 2 nitrogen and oxygen atoms in total. The lowest BCUT2D eigenvalue weighted by Gasteiger charge is -2.23. The van der Waals surface area contributed by atoms with E-state index in [0.29, 0.717) is 0 Å². The van der Waals surface area contributed by atoms with Crippen molar-refractivity contribution in [1.82, 2.24) is 0 Å². The molecular weight excluding hydrogens is 430 g/mol. The number of hydrogen-bond acceptors (Lipinski definition) is 1. The molecule has 5 rings (SSSR count). The molecule has 0 aliphatic heterocycles. The fraction of sp³-hybridized carbons (Fsp3) is 0.323. The SMILES string of the molecule is Cc1cc2c(oc3ccccc32)c(-c2cc([Si](C)(C)C)c3ccc(C(C)(C)C)cc3[n+]2C)c1C. The summed E-state index contributed by atoms with van der Waals surface area (Å²) < 4.78 is 8.93. The molecule has 0 radical (unpaired) electrons. The van der Waals surface area contributed by atoms with Gasteiger partial charge in [-0.05, 0) is 59.3 Å². The zero-order valence-electron chi connectivity index (χ0n) is 22.1. The normalized spacial score (nSPS) is 12.9. The van der Waals surface area contributed by atoms with Gasteiger partial charge in [0.1, 0.15) is 18.2 Å². The maximum absolute atomic E-state index is 6.54. The fourth-order valence-electron chi connectivity index (χ4n) is 5.20. The van der Waals surface area contributed by atoms with Crippen molar-refractivity contribution in [1.29, 1.82) is 0 Å². The van der Waals surface area contributed by atoms with Crippen molar-refractivity contribution >= 4 is 46.1 Å². The van der Waals surface area contributed by atoms with Crippen molar-refractivity contribution in [2.75, 3.05) is 0 Å². The second kappa shape index (κ2) is 7.54. The lowest BCUT2D eigenvalue weighted by molar-refractivity contribution is -0.633. The van der Waals surface area contributed by atoms with Gasteiger partial charge in [-0.15, -0.1) is 0 Å². The van der Waals surface area contributed by atoms with Gasteiger partial charge in [-0.1, -0.05) is 64.7 Å². The Hall–Kier alpha value is -2.91. The molecule has 174 valence electrons. The highest BCUT2D eigenvalue weighted by molar-refractivity contribution is 6.90. The van der Waals surface area contributed by atoms with Crippen LogP contribution in [-0.2, 0) is 12.5 Å². The molecule has 0 saturated carbocycles. The Bertz CT molecular complexity index is 1590. The van der Waals surface area contributed by atoms with Crippen LogP contribution in [0.4, 0.5) is 0 Å². The van der Waals surface area contributed by atoms with Crippen molar-refractivity contribution < 1.29 is 8.98 Å². The molecule has 0 bridgehead atoms. The summed E-state index contributed by atoms with van der Waals surface area (Å²) in [6, 6.07) is 20.2. The second-order valence-electron chi connectivity index (χ2n) is 11.9. The number of hydrogen-bond donors (Lipinski definition) is 0. The van der Waals surface area contributed by atoms with Crippen molar-refractivity contribution in [3.05, 3.63) is 71.3 Å². The molecule has 3 aromatic carbocycles. The van der Waals surface area contributed by atoms with E-state index in [9.17, 15) is 0 Å². The van der Waals surface area contributed by atoms with Gasteiger partial charge in [0.2, 0.25) is 11.2 Å². The summed E-state index contributed by atoms with van der Waals surface area (Å²) >= 11 is 0. The Morgan fingerprint density at radius 1 is 0.824 bits per heavy atom. The second-order valence-corrected chi connectivity index (χ2v) is 16.9. The molecule has 0 fully saturated rings. The highest BCUT2D eigenvalue weighted by atomic mass is 28.3. The number of benzene rings is 3. The molecule has 3 heteroatoms. The average Bonchev–Trinajstić information content (AvgIpc) is 3.12.